The Labute approximate surface area is 220 Å². The van der Waals surface area contributed by atoms with E-state index in [1.54, 1.807) is 32.2 Å². The van der Waals surface area contributed by atoms with Crippen LogP contribution in [0.2, 0.25) is 0 Å². The Morgan fingerprint density at radius 3 is 2.46 bits per heavy atom. The van der Waals surface area contributed by atoms with Gasteiger partial charge >= 0.3 is 12.0 Å². The van der Waals surface area contributed by atoms with Crippen LogP contribution in [0.1, 0.15) is 28.2 Å². The lowest BCUT2D eigenvalue weighted by atomic mass is 9.93. The van der Waals surface area contributed by atoms with Gasteiger partial charge in [-0.25, -0.2) is 9.59 Å². The number of methoxy groups -OCH3 is 2. The zero-order valence-electron chi connectivity index (χ0n) is 21.5. The van der Waals surface area contributed by atoms with Gasteiger partial charge in [-0.3, -0.25) is 14.6 Å². The molecular weight excluding hydrogens is 496 g/mol. The molecule has 1 saturated heterocycles. The van der Waals surface area contributed by atoms with Crippen LogP contribution in [0.25, 0.3) is 0 Å². The number of piperazine rings is 1. The normalized spacial score (nSPS) is 18.5. The highest BCUT2D eigenvalue weighted by molar-refractivity contribution is 7.12. The van der Waals surface area contributed by atoms with Crippen molar-refractivity contribution in [2.45, 2.75) is 13.0 Å². The Morgan fingerprint density at radius 1 is 1.08 bits per heavy atom. The smallest absolute Gasteiger partial charge is 0.338 e. The third-order valence-corrected chi connectivity index (χ3v) is 7.44. The minimum atomic E-state index is -0.788. The number of thiophene rings is 1. The van der Waals surface area contributed by atoms with Crippen LogP contribution < -0.4 is 14.8 Å². The second kappa shape index (κ2) is 11.7. The van der Waals surface area contributed by atoms with E-state index in [1.807, 2.05) is 22.4 Å². The van der Waals surface area contributed by atoms with E-state index in [-0.39, 0.29) is 18.5 Å². The van der Waals surface area contributed by atoms with Crippen molar-refractivity contribution < 1.29 is 28.6 Å². The summed E-state index contributed by atoms with van der Waals surface area (Å²) in [6.07, 6.45) is 0. The minimum absolute atomic E-state index is 0.0282. The predicted molar refractivity (Wildman–Crippen MR) is 139 cm³/mol. The average molecular weight is 529 g/mol. The summed E-state index contributed by atoms with van der Waals surface area (Å²) in [5.41, 5.74) is 1.48. The second-order valence-electron chi connectivity index (χ2n) is 8.65. The molecule has 0 spiro atoms. The number of urea groups is 1. The van der Waals surface area contributed by atoms with Crippen LogP contribution in [0, 0.1) is 0 Å². The van der Waals surface area contributed by atoms with E-state index in [1.165, 1.54) is 30.5 Å². The Balaban J connectivity index is 1.65. The fourth-order valence-corrected chi connectivity index (χ4v) is 5.34. The number of amides is 3. The van der Waals surface area contributed by atoms with Gasteiger partial charge in [0, 0.05) is 51.0 Å². The van der Waals surface area contributed by atoms with Crippen LogP contribution in [-0.2, 0) is 9.53 Å². The minimum Gasteiger partial charge on any atom is -0.493 e. The molecule has 37 heavy (non-hydrogen) atoms. The van der Waals surface area contributed by atoms with Gasteiger partial charge in [-0.2, -0.15) is 0 Å². The van der Waals surface area contributed by atoms with E-state index in [2.05, 4.69) is 10.2 Å². The zero-order valence-corrected chi connectivity index (χ0v) is 22.3. The maximum Gasteiger partial charge on any atom is 0.338 e. The molecule has 2 aliphatic rings. The molecule has 10 nitrogen and oxygen atoms in total. The number of para-hydroxylation sites is 1. The molecule has 0 bridgehead atoms. The van der Waals surface area contributed by atoms with Crippen LogP contribution in [-0.4, -0.2) is 93.2 Å². The van der Waals surface area contributed by atoms with Gasteiger partial charge in [0.2, 0.25) is 0 Å². The molecule has 2 aromatic rings. The Bertz CT molecular complexity index is 1170. The van der Waals surface area contributed by atoms with Crippen molar-refractivity contribution in [1.29, 1.82) is 0 Å². The first kappa shape index (κ1) is 26.5. The van der Waals surface area contributed by atoms with Gasteiger partial charge in [-0.15, -0.1) is 11.3 Å². The maximum atomic E-state index is 13.3. The highest BCUT2D eigenvalue weighted by Gasteiger charge is 2.39. The number of esters is 1. The van der Waals surface area contributed by atoms with Crippen molar-refractivity contribution in [3.8, 4) is 11.5 Å². The van der Waals surface area contributed by atoms with E-state index in [9.17, 15) is 14.4 Å². The first-order valence-electron chi connectivity index (χ1n) is 12.1. The number of ether oxygens (including phenoxy) is 3. The summed E-state index contributed by atoms with van der Waals surface area (Å²) in [6.45, 7) is 4.62. The molecule has 1 N–H and O–H groups in total. The number of likely N-dealkylation sites (N-methyl/N-ethyl adjacent to an activating group) is 1. The molecule has 2 aliphatic heterocycles. The predicted octanol–water partition coefficient (Wildman–Crippen LogP) is 2.74. The van der Waals surface area contributed by atoms with Crippen molar-refractivity contribution >= 4 is 29.2 Å². The van der Waals surface area contributed by atoms with Crippen molar-refractivity contribution in [1.82, 2.24) is 20.0 Å². The largest absolute Gasteiger partial charge is 0.493 e. The molecule has 0 radical (unpaired) electrons. The average Bonchev–Trinajstić information content (AvgIpc) is 3.46. The van der Waals surface area contributed by atoms with Gasteiger partial charge in [0.1, 0.15) is 0 Å². The summed E-state index contributed by atoms with van der Waals surface area (Å²) >= 11 is 1.43. The molecule has 3 amide bonds. The van der Waals surface area contributed by atoms with Gasteiger partial charge in [-0.05, 0) is 24.4 Å². The molecule has 1 fully saturated rings. The second-order valence-corrected chi connectivity index (χ2v) is 9.60. The van der Waals surface area contributed by atoms with E-state index in [0.717, 1.165) is 4.88 Å². The van der Waals surface area contributed by atoms with Crippen molar-refractivity contribution in [3.05, 3.63) is 57.4 Å². The number of hydrogen-bond acceptors (Lipinski definition) is 8. The van der Waals surface area contributed by atoms with Crippen molar-refractivity contribution in [3.63, 3.8) is 0 Å². The van der Waals surface area contributed by atoms with Gasteiger partial charge < -0.3 is 24.4 Å². The zero-order chi connectivity index (χ0) is 26.5. The standard InChI is InChI=1S/C26H32N4O6S/c1-5-36-25(32)21-18(16-29-11-13-30(14-12-29)24(31)20-10-7-15-37-20)28(2)26(33)27-22(21)17-8-6-9-19(34-3)23(17)35-4/h6-10,15,22H,5,11-14,16H2,1-4H3,(H,27,33)/t22-/m0/s1. The number of nitrogens with one attached hydrogen (secondary N) is 1. The number of benzene rings is 1. The number of nitrogens with zero attached hydrogens (tertiary/aromatic N) is 3. The lowest BCUT2D eigenvalue weighted by molar-refractivity contribution is -0.139. The third-order valence-electron chi connectivity index (χ3n) is 6.58. The molecular formula is C26H32N4O6S. The summed E-state index contributed by atoms with van der Waals surface area (Å²) in [5, 5.41) is 4.82. The summed E-state index contributed by atoms with van der Waals surface area (Å²) in [7, 11) is 4.69. The third kappa shape index (κ3) is 5.42. The number of hydrogen-bond donors (Lipinski definition) is 1. The molecule has 0 aliphatic carbocycles. The molecule has 0 saturated carbocycles. The monoisotopic (exact) mass is 528 g/mol. The van der Waals surface area contributed by atoms with Crippen molar-refractivity contribution in [2.75, 3.05) is 60.6 Å². The van der Waals surface area contributed by atoms with E-state index in [0.29, 0.717) is 61.1 Å². The van der Waals surface area contributed by atoms with Crippen LogP contribution in [0.15, 0.2) is 47.0 Å². The topological polar surface area (TPSA) is 101 Å². The van der Waals surface area contributed by atoms with Crippen LogP contribution in [0.3, 0.4) is 0 Å². The highest BCUT2D eigenvalue weighted by atomic mass is 32.1. The number of carbonyl (C=O) groups excluding carboxylic acids is 3. The molecule has 1 aromatic heterocycles. The first-order valence-corrected chi connectivity index (χ1v) is 13.0. The molecule has 4 rings (SSSR count). The fraction of sp³-hybridized carbons (Fsp3) is 0.423. The molecule has 0 unspecified atom stereocenters. The molecule has 3 heterocycles. The Hall–Kier alpha value is -3.57. The van der Waals surface area contributed by atoms with Gasteiger partial charge in [-0.1, -0.05) is 18.2 Å². The van der Waals surface area contributed by atoms with Crippen LogP contribution in [0.4, 0.5) is 4.79 Å². The summed E-state index contributed by atoms with van der Waals surface area (Å²) < 4.78 is 16.5. The quantitative estimate of drug-likeness (QED) is 0.526. The fourth-order valence-electron chi connectivity index (χ4n) is 4.65. The summed E-state index contributed by atoms with van der Waals surface area (Å²) in [4.78, 5) is 45.3. The molecule has 11 heteroatoms. The molecule has 1 aromatic carbocycles. The number of carbonyl (C=O) groups is 3. The van der Waals surface area contributed by atoms with Gasteiger partial charge in [0.05, 0.1) is 37.3 Å². The van der Waals surface area contributed by atoms with Gasteiger partial charge in [0.25, 0.3) is 5.91 Å². The van der Waals surface area contributed by atoms with Gasteiger partial charge in [0.15, 0.2) is 11.5 Å². The Kier molecular flexibility index (Phi) is 8.34. The SMILES string of the molecule is CCOC(=O)C1=C(CN2CCN(C(=O)c3cccs3)CC2)N(C)C(=O)N[C@H]1c1cccc(OC)c1OC. The van der Waals surface area contributed by atoms with Crippen molar-refractivity contribution in [2.24, 2.45) is 0 Å². The maximum absolute atomic E-state index is 13.3. The van der Waals surface area contributed by atoms with Crippen LogP contribution in [0.5, 0.6) is 11.5 Å². The van der Waals surface area contributed by atoms with E-state index in [4.69, 9.17) is 14.2 Å². The summed E-state index contributed by atoms with van der Waals surface area (Å²) in [6, 6.07) is 7.91. The van der Waals surface area contributed by atoms with E-state index < -0.39 is 12.0 Å². The number of rotatable bonds is 8. The lowest BCUT2D eigenvalue weighted by Crippen LogP contribution is -2.53. The highest BCUT2D eigenvalue weighted by Crippen LogP contribution is 2.40. The molecule has 1 atom stereocenters. The Morgan fingerprint density at radius 2 is 1.84 bits per heavy atom. The van der Waals surface area contributed by atoms with E-state index >= 15 is 0 Å². The molecule has 198 valence electrons. The first-order chi connectivity index (χ1) is 17.9. The lowest BCUT2D eigenvalue weighted by Gasteiger charge is -2.39. The summed E-state index contributed by atoms with van der Waals surface area (Å²) in [5.74, 6) is 0.442. The van der Waals surface area contributed by atoms with Crippen LogP contribution >= 0.6 is 11.3 Å².